The second-order valence-corrected chi connectivity index (χ2v) is 6.67. The molecule has 0 aliphatic rings. The van der Waals surface area contributed by atoms with Gasteiger partial charge >= 0.3 is 0 Å². The maximum absolute atomic E-state index is 12.0. The summed E-state index contributed by atoms with van der Waals surface area (Å²) in [6.07, 6.45) is 1.37. The molecular formula is C19H20Cl2N4O4. The number of amides is 1. The molecule has 0 heterocycles. The second-order valence-electron chi connectivity index (χ2n) is 5.83. The summed E-state index contributed by atoms with van der Waals surface area (Å²) in [5.41, 5.74) is 3.57. The summed E-state index contributed by atoms with van der Waals surface area (Å²) in [5.74, 6) is -0.195. The van der Waals surface area contributed by atoms with E-state index in [4.69, 9.17) is 27.9 Å². The lowest BCUT2D eigenvalue weighted by Crippen LogP contribution is -2.25. The predicted octanol–water partition coefficient (Wildman–Crippen LogP) is 4.28. The highest BCUT2D eigenvalue weighted by Crippen LogP contribution is 2.27. The van der Waals surface area contributed by atoms with Crippen molar-refractivity contribution in [1.29, 1.82) is 0 Å². The predicted molar refractivity (Wildman–Crippen MR) is 114 cm³/mol. The van der Waals surface area contributed by atoms with E-state index in [0.717, 1.165) is 18.8 Å². The van der Waals surface area contributed by atoms with Crippen LogP contribution in [0.4, 0.5) is 11.4 Å². The van der Waals surface area contributed by atoms with Crippen LogP contribution in [0.15, 0.2) is 41.5 Å². The minimum absolute atomic E-state index is 0.0607. The first-order valence-electron chi connectivity index (χ1n) is 8.78. The molecule has 2 aromatic rings. The third-order valence-corrected chi connectivity index (χ3v) is 4.50. The Morgan fingerprint density at radius 1 is 1.24 bits per heavy atom. The van der Waals surface area contributed by atoms with Gasteiger partial charge in [0.05, 0.1) is 16.2 Å². The molecule has 2 rings (SSSR count). The normalized spacial score (nSPS) is 10.8. The van der Waals surface area contributed by atoms with Gasteiger partial charge in [0.2, 0.25) is 0 Å². The number of nitrogens with one attached hydrogen (secondary N) is 1. The first-order chi connectivity index (χ1) is 13.8. The number of nitro benzene ring substituents is 1. The topological polar surface area (TPSA) is 97.1 Å². The summed E-state index contributed by atoms with van der Waals surface area (Å²) in [7, 11) is 0. The molecule has 1 amide bonds. The number of carbonyl (C=O) groups is 1. The van der Waals surface area contributed by atoms with E-state index in [1.54, 1.807) is 18.2 Å². The number of nitro groups is 1. The summed E-state index contributed by atoms with van der Waals surface area (Å²) in [6.45, 7) is 5.09. The van der Waals surface area contributed by atoms with E-state index in [0.29, 0.717) is 16.3 Å². The fourth-order valence-corrected chi connectivity index (χ4v) is 3.02. The van der Waals surface area contributed by atoms with Gasteiger partial charge in [0.1, 0.15) is 5.75 Å². The molecule has 0 saturated carbocycles. The van der Waals surface area contributed by atoms with E-state index < -0.39 is 10.8 Å². The van der Waals surface area contributed by atoms with Gasteiger partial charge in [-0.05, 0) is 38.1 Å². The number of anilines is 1. The molecule has 154 valence electrons. The van der Waals surface area contributed by atoms with Crippen molar-refractivity contribution < 1.29 is 14.5 Å². The molecule has 0 spiro atoms. The molecule has 0 unspecified atom stereocenters. The van der Waals surface area contributed by atoms with Crippen LogP contribution in [0, 0.1) is 10.1 Å². The SMILES string of the molecule is CCN(CC)c1ccc([N+](=O)[O-])cc1C=NNC(=O)COc1ccc(Cl)cc1Cl. The van der Waals surface area contributed by atoms with Crippen molar-refractivity contribution in [1.82, 2.24) is 5.43 Å². The number of non-ortho nitro benzene ring substituents is 1. The Morgan fingerprint density at radius 2 is 1.97 bits per heavy atom. The van der Waals surface area contributed by atoms with E-state index in [1.807, 2.05) is 18.7 Å². The molecule has 0 bridgehead atoms. The first kappa shape index (κ1) is 22.4. The molecule has 8 nitrogen and oxygen atoms in total. The van der Waals surface area contributed by atoms with Crippen molar-refractivity contribution in [2.24, 2.45) is 5.10 Å². The van der Waals surface area contributed by atoms with Crippen molar-refractivity contribution in [2.45, 2.75) is 13.8 Å². The van der Waals surface area contributed by atoms with Crippen molar-refractivity contribution in [3.8, 4) is 5.75 Å². The van der Waals surface area contributed by atoms with E-state index in [-0.39, 0.29) is 17.3 Å². The van der Waals surface area contributed by atoms with Gasteiger partial charge in [-0.2, -0.15) is 5.10 Å². The molecular weight excluding hydrogens is 419 g/mol. The monoisotopic (exact) mass is 438 g/mol. The number of hydrazone groups is 1. The molecule has 0 radical (unpaired) electrons. The van der Waals surface area contributed by atoms with E-state index in [1.165, 1.54) is 24.4 Å². The van der Waals surface area contributed by atoms with E-state index in [9.17, 15) is 14.9 Å². The lowest BCUT2D eigenvalue weighted by Gasteiger charge is -2.22. The smallest absolute Gasteiger partial charge is 0.277 e. The average molecular weight is 439 g/mol. The third kappa shape index (κ3) is 6.33. The minimum Gasteiger partial charge on any atom is -0.482 e. The first-order valence-corrected chi connectivity index (χ1v) is 9.54. The average Bonchev–Trinajstić information content (AvgIpc) is 2.69. The summed E-state index contributed by atoms with van der Waals surface area (Å²) in [5, 5.41) is 15.7. The van der Waals surface area contributed by atoms with Crippen LogP contribution in [0.25, 0.3) is 0 Å². The minimum atomic E-state index is -0.512. The lowest BCUT2D eigenvalue weighted by atomic mass is 10.1. The number of benzene rings is 2. The number of carbonyl (C=O) groups excluding carboxylic acids is 1. The summed E-state index contributed by atoms with van der Waals surface area (Å²) in [6, 6.07) is 9.17. The van der Waals surface area contributed by atoms with Gasteiger partial charge in [0.25, 0.3) is 11.6 Å². The molecule has 10 heteroatoms. The van der Waals surface area contributed by atoms with Gasteiger partial charge in [-0.25, -0.2) is 5.43 Å². The molecule has 0 aliphatic carbocycles. The fraction of sp³-hybridized carbons (Fsp3) is 0.263. The number of halogens is 2. The highest BCUT2D eigenvalue weighted by Gasteiger charge is 2.13. The number of ether oxygens (including phenoxy) is 1. The number of nitrogens with zero attached hydrogens (tertiary/aromatic N) is 3. The number of hydrogen-bond donors (Lipinski definition) is 1. The van der Waals surface area contributed by atoms with Gasteiger partial charge in [-0.15, -0.1) is 0 Å². The molecule has 2 aromatic carbocycles. The third-order valence-electron chi connectivity index (χ3n) is 3.97. The zero-order valence-electron chi connectivity index (χ0n) is 15.9. The van der Waals surface area contributed by atoms with Crippen LogP contribution in [-0.2, 0) is 4.79 Å². The molecule has 0 saturated heterocycles. The number of rotatable bonds is 9. The second kappa shape index (κ2) is 10.6. The van der Waals surface area contributed by atoms with Crippen LogP contribution in [0.5, 0.6) is 5.75 Å². The van der Waals surface area contributed by atoms with Crippen LogP contribution >= 0.6 is 23.2 Å². The van der Waals surface area contributed by atoms with Gasteiger partial charge in [0.15, 0.2) is 6.61 Å². The van der Waals surface area contributed by atoms with Crippen LogP contribution in [0.3, 0.4) is 0 Å². The van der Waals surface area contributed by atoms with Crippen LogP contribution < -0.4 is 15.1 Å². The van der Waals surface area contributed by atoms with Crippen molar-refractivity contribution in [3.05, 3.63) is 62.1 Å². The van der Waals surface area contributed by atoms with E-state index in [2.05, 4.69) is 10.5 Å². The Morgan fingerprint density at radius 3 is 2.59 bits per heavy atom. The highest BCUT2D eigenvalue weighted by molar-refractivity contribution is 6.35. The van der Waals surface area contributed by atoms with Gasteiger partial charge in [0, 0.05) is 41.5 Å². The Bertz CT molecular complexity index is 917. The van der Waals surface area contributed by atoms with Gasteiger partial charge in [-0.1, -0.05) is 23.2 Å². The van der Waals surface area contributed by atoms with Gasteiger partial charge in [-0.3, -0.25) is 14.9 Å². The molecule has 29 heavy (non-hydrogen) atoms. The Hall–Kier alpha value is -2.84. The van der Waals surface area contributed by atoms with Crippen molar-refractivity contribution >= 4 is 46.7 Å². The lowest BCUT2D eigenvalue weighted by molar-refractivity contribution is -0.384. The zero-order chi connectivity index (χ0) is 21.4. The Kier molecular flexibility index (Phi) is 8.23. The zero-order valence-corrected chi connectivity index (χ0v) is 17.4. The molecule has 1 N–H and O–H groups in total. The largest absolute Gasteiger partial charge is 0.482 e. The Balaban J connectivity index is 2.06. The van der Waals surface area contributed by atoms with Crippen LogP contribution in [0.2, 0.25) is 10.0 Å². The fourth-order valence-electron chi connectivity index (χ4n) is 2.55. The highest BCUT2D eigenvalue weighted by atomic mass is 35.5. The summed E-state index contributed by atoms with van der Waals surface area (Å²) in [4.78, 5) is 24.6. The van der Waals surface area contributed by atoms with Crippen molar-refractivity contribution in [2.75, 3.05) is 24.6 Å². The summed E-state index contributed by atoms with van der Waals surface area (Å²) < 4.78 is 5.33. The molecule has 0 atom stereocenters. The standard InChI is InChI=1S/C19H20Cl2N4O4/c1-3-24(4-2)17-7-6-15(25(27)28)9-13(17)11-22-23-19(26)12-29-18-8-5-14(20)10-16(18)21/h5-11H,3-4,12H2,1-2H3,(H,23,26). The summed E-state index contributed by atoms with van der Waals surface area (Å²) >= 11 is 11.8. The Labute approximate surface area is 178 Å². The van der Waals surface area contributed by atoms with Gasteiger partial charge < -0.3 is 9.64 Å². The van der Waals surface area contributed by atoms with E-state index >= 15 is 0 Å². The molecule has 0 aromatic heterocycles. The van der Waals surface area contributed by atoms with Crippen LogP contribution in [0.1, 0.15) is 19.4 Å². The number of hydrogen-bond acceptors (Lipinski definition) is 6. The van der Waals surface area contributed by atoms with Crippen LogP contribution in [-0.4, -0.2) is 36.7 Å². The van der Waals surface area contributed by atoms with Crippen molar-refractivity contribution in [3.63, 3.8) is 0 Å². The molecule has 0 fully saturated rings. The maximum atomic E-state index is 12.0. The quantitative estimate of drug-likeness (QED) is 0.358. The maximum Gasteiger partial charge on any atom is 0.277 e. The molecule has 0 aliphatic heterocycles.